The number of nitrogens with one attached hydrogen (secondary N) is 1. The quantitative estimate of drug-likeness (QED) is 0.858. The molecule has 7 heteroatoms. The van der Waals surface area contributed by atoms with Gasteiger partial charge in [0.05, 0.1) is 21.8 Å². The molecule has 0 bridgehead atoms. The number of likely N-dealkylation sites (tertiary alicyclic amines) is 1. The fourth-order valence-electron chi connectivity index (χ4n) is 3.30. The van der Waals surface area contributed by atoms with Gasteiger partial charge in [-0.15, -0.1) is 0 Å². The van der Waals surface area contributed by atoms with E-state index in [1.807, 2.05) is 45.0 Å². The second-order valence-electron chi connectivity index (χ2n) is 7.41. The van der Waals surface area contributed by atoms with E-state index in [-0.39, 0.29) is 10.8 Å². The Kier molecular flexibility index (Phi) is 4.34. The first kappa shape index (κ1) is 17.2. The van der Waals surface area contributed by atoms with Gasteiger partial charge < -0.3 is 14.7 Å². The number of nitrogens with zero attached hydrogens (tertiary/aromatic N) is 1. The average molecular weight is 352 g/mol. The Hall–Kier alpha value is -1.60. The molecule has 2 aliphatic rings. The highest BCUT2D eigenvalue weighted by molar-refractivity contribution is 7.84. The Morgan fingerprint density at radius 1 is 1.33 bits per heavy atom. The molecule has 0 aromatic heterocycles. The summed E-state index contributed by atoms with van der Waals surface area (Å²) in [6, 6.07) is 7.57. The van der Waals surface area contributed by atoms with Crippen LogP contribution in [0.1, 0.15) is 45.2 Å². The molecule has 1 aromatic carbocycles. The summed E-state index contributed by atoms with van der Waals surface area (Å²) in [5.41, 5.74) is 0.454. The first-order valence-corrected chi connectivity index (χ1v) is 9.32. The SMILES string of the molecule is CC(C)(C)S(=O)N[C@@H]1c2ccccc2OC12CCN(C(=O)O)CC2. The number of amides is 1. The number of ether oxygens (including phenoxy) is 1. The Morgan fingerprint density at radius 3 is 2.54 bits per heavy atom. The first-order chi connectivity index (χ1) is 11.2. The number of hydrogen-bond donors (Lipinski definition) is 2. The van der Waals surface area contributed by atoms with E-state index >= 15 is 0 Å². The molecule has 0 saturated carbocycles. The predicted octanol–water partition coefficient (Wildman–Crippen LogP) is 2.68. The summed E-state index contributed by atoms with van der Waals surface area (Å²) in [5.74, 6) is 0.796. The van der Waals surface area contributed by atoms with Crippen molar-refractivity contribution in [3.63, 3.8) is 0 Å². The number of hydrogen-bond acceptors (Lipinski definition) is 3. The van der Waals surface area contributed by atoms with Gasteiger partial charge in [-0.05, 0) is 26.8 Å². The maximum absolute atomic E-state index is 12.7. The van der Waals surface area contributed by atoms with Crippen molar-refractivity contribution in [2.24, 2.45) is 0 Å². The van der Waals surface area contributed by atoms with E-state index in [9.17, 15) is 14.1 Å². The van der Waals surface area contributed by atoms with E-state index in [0.29, 0.717) is 25.9 Å². The van der Waals surface area contributed by atoms with Crippen LogP contribution in [0.15, 0.2) is 24.3 Å². The maximum Gasteiger partial charge on any atom is 0.407 e. The third kappa shape index (κ3) is 3.02. The highest BCUT2D eigenvalue weighted by atomic mass is 32.2. The van der Waals surface area contributed by atoms with Crippen molar-refractivity contribution < 1.29 is 18.8 Å². The van der Waals surface area contributed by atoms with Gasteiger partial charge in [-0.25, -0.2) is 13.7 Å². The van der Waals surface area contributed by atoms with Crippen LogP contribution in [0.2, 0.25) is 0 Å². The zero-order valence-electron chi connectivity index (χ0n) is 14.2. The van der Waals surface area contributed by atoms with Gasteiger partial charge in [0.25, 0.3) is 0 Å². The molecule has 0 aliphatic carbocycles. The highest BCUT2D eigenvalue weighted by Gasteiger charge is 2.51. The van der Waals surface area contributed by atoms with Crippen LogP contribution < -0.4 is 9.46 Å². The second-order valence-corrected chi connectivity index (χ2v) is 9.40. The molecule has 132 valence electrons. The van der Waals surface area contributed by atoms with Crippen LogP contribution in [0.4, 0.5) is 4.79 Å². The number of carbonyl (C=O) groups is 1. The van der Waals surface area contributed by atoms with Gasteiger partial charge in [0.1, 0.15) is 11.4 Å². The molecule has 2 aliphatic heterocycles. The van der Waals surface area contributed by atoms with Crippen molar-refractivity contribution in [3.8, 4) is 5.75 Å². The Labute approximate surface area is 144 Å². The zero-order valence-corrected chi connectivity index (χ0v) is 15.1. The molecule has 24 heavy (non-hydrogen) atoms. The van der Waals surface area contributed by atoms with E-state index < -0.39 is 22.7 Å². The molecule has 1 unspecified atom stereocenters. The van der Waals surface area contributed by atoms with E-state index in [1.54, 1.807) is 0 Å². The monoisotopic (exact) mass is 352 g/mol. The van der Waals surface area contributed by atoms with E-state index in [0.717, 1.165) is 11.3 Å². The summed E-state index contributed by atoms with van der Waals surface area (Å²) >= 11 is 0. The molecule has 2 atom stereocenters. The molecular weight excluding hydrogens is 328 g/mol. The van der Waals surface area contributed by atoms with Crippen molar-refractivity contribution in [2.75, 3.05) is 13.1 Å². The Bertz CT molecular complexity index is 663. The van der Waals surface area contributed by atoms with Crippen LogP contribution in [-0.4, -0.2) is 43.7 Å². The highest BCUT2D eigenvalue weighted by Crippen LogP contribution is 2.48. The molecule has 2 N–H and O–H groups in total. The summed E-state index contributed by atoms with van der Waals surface area (Å²) in [6.07, 6.45) is 0.253. The molecule has 1 aromatic rings. The Balaban J connectivity index is 1.89. The second kappa shape index (κ2) is 6.04. The van der Waals surface area contributed by atoms with Crippen molar-refractivity contribution in [3.05, 3.63) is 29.8 Å². The van der Waals surface area contributed by atoms with Crippen molar-refractivity contribution in [1.29, 1.82) is 0 Å². The predicted molar refractivity (Wildman–Crippen MR) is 92.4 cm³/mol. The fraction of sp³-hybridized carbons (Fsp3) is 0.588. The van der Waals surface area contributed by atoms with Crippen molar-refractivity contribution >= 4 is 17.1 Å². The summed E-state index contributed by atoms with van der Waals surface area (Å²) in [5, 5.41) is 9.18. The molecule has 1 spiro atoms. The molecule has 6 nitrogen and oxygen atoms in total. The van der Waals surface area contributed by atoms with Crippen LogP contribution in [0.5, 0.6) is 5.75 Å². The lowest BCUT2D eigenvalue weighted by Crippen LogP contribution is -2.54. The van der Waals surface area contributed by atoms with Crippen LogP contribution in [0, 0.1) is 0 Å². The largest absolute Gasteiger partial charge is 0.485 e. The van der Waals surface area contributed by atoms with Crippen LogP contribution in [0.3, 0.4) is 0 Å². The minimum absolute atomic E-state index is 0.204. The summed E-state index contributed by atoms with van der Waals surface area (Å²) in [6.45, 7) is 6.62. The normalized spacial score (nSPS) is 23.6. The van der Waals surface area contributed by atoms with Crippen LogP contribution >= 0.6 is 0 Å². The van der Waals surface area contributed by atoms with Crippen LogP contribution in [-0.2, 0) is 11.0 Å². The number of carboxylic acid groups (broad SMARTS) is 1. The van der Waals surface area contributed by atoms with Gasteiger partial charge in [0, 0.05) is 31.5 Å². The molecule has 1 amide bonds. The fourth-order valence-corrected chi connectivity index (χ4v) is 4.20. The average Bonchev–Trinajstić information content (AvgIpc) is 2.80. The lowest BCUT2D eigenvalue weighted by atomic mass is 9.83. The number of fused-ring (bicyclic) bond motifs is 1. The maximum atomic E-state index is 12.7. The number of para-hydroxylation sites is 1. The van der Waals surface area contributed by atoms with E-state index in [4.69, 9.17) is 4.74 Å². The van der Waals surface area contributed by atoms with Crippen molar-refractivity contribution in [2.45, 2.75) is 50.0 Å². The summed E-state index contributed by atoms with van der Waals surface area (Å²) < 4.78 is 21.8. The lowest BCUT2D eigenvalue weighted by molar-refractivity contribution is 0.00117. The van der Waals surface area contributed by atoms with Gasteiger partial charge in [-0.2, -0.15) is 0 Å². The first-order valence-electron chi connectivity index (χ1n) is 8.17. The van der Waals surface area contributed by atoms with Crippen molar-refractivity contribution in [1.82, 2.24) is 9.62 Å². The third-order valence-corrected chi connectivity index (χ3v) is 6.29. The smallest absolute Gasteiger partial charge is 0.407 e. The summed E-state index contributed by atoms with van der Waals surface area (Å²) in [7, 11) is -1.24. The summed E-state index contributed by atoms with van der Waals surface area (Å²) in [4.78, 5) is 12.6. The topological polar surface area (TPSA) is 78.9 Å². The number of rotatable bonds is 2. The van der Waals surface area contributed by atoms with Gasteiger partial charge in [0.2, 0.25) is 0 Å². The standard InChI is InChI=1S/C17H24N2O4S/c1-16(2,3)24(22)18-14-12-6-4-5-7-13(12)23-17(14)8-10-19(11-9-17)15(20)21/h4-7,14,18H,8-11H2,1-3H3,(H,20,21)/t14-,24?/m1/s1. The molecular formula is C17H24N2O4S. The van der Waals surface area contributed by atoms with Gasteiger partial charge in [-0.3, -0.25) is 0 Å². The molecule has 2 heterocycles. The minimum atomic E-state index is -1.24. The molecule has 1 saturated heterocycles. The van der Waals surface area contributed by atoms with Crippen LogP contribution in [0.25, 0.3) is 0 Å². The third-order valence-electron chi connectivity index (χ3n) is 4.73. The molecule has 3 rings (SSSR count). The minimum Gasteiger partial charge on any atom is -0.485 e. The van der Waals surface area contributed by atoms with Gasteiger partial charge >= 0.3 is 6.09 Å². The molecule has 0 radical (unpaired) electrons. The zero-order chi connectivity index (χ0) is 17.5. The van der Waals surface area contributed by atoms with Gasteiger partial charge in [-0.1, -0.05) is 18.2 Å². The van der Waals surface area contributed by atoms with E-state index in [2.05, 4.69) is 4.72 Å². The molecule has 1 fully saturated rings. The number of benzene rings is 1. The Morgan fingerprint density at radius 2 is 1.96 bits per heavy atom. The van der Waals surface area contributed by atoms with E-state index in [1.165, 1.54) is 4.90 Å². The lowest BCUT2D eigenvalue weighted by Gasteiger charge is -2.41. The number of piperidine rings is 1. The van der Waals surface area contributed by atoms with Gasteiger partial charge in [0.15, 0.2) is 0 Å².